The van der Waals surface area contributed by atoms with Gasteiger partial charge in [-0.05, 0) is 25.1 Å². The number of likely N-dealkylation sites (N-methyl/N-ethyl adjacent to an activating group) is 1. The summed E-state index contributed by atoms with van der Waals surface area (Å²) in [6.45, 7) is 1.87. The van der Waals surface area contributed by atoms with E-state index in [4.69, 9.17) is 27.9 Å². The first-order chi connectivity index (χ1) is 12.4. The van der Waals surface area contributed by atoms with Crippen LogP contribution in [0.1, 0.15) is 11.3 Å². The molecule has 1 aromatic heterocycles. The number of carbonyl (C=O) groups excluding carboxylic acids is 2. The summed E-state index contributed by atoms with van der Waals surface area (Å²) in [5, 5.41) is 3.14. The zero-order valence-corrected chi connectivity index (χ0v) is 15.8. The number of benzene rings is 1. The minimum atomic E-state index is -0.791. The molecule has 0 radical (unpaired) electrons. The van der Waals surface area contributed by atoms with Crippen LogP contribution in [0.3, 0.4) is 0 Å². The van der Waals surface area contributed by atoms with Crippen molar-refractivity contribution in [1.29, 1.82) is 0 Å². The summed E-state index contributed by atoms with van der Waals surface area (Å²) in [6.07, 6.45) is -0.819. The van der Waals surface area contributed by atoms with Crippen LogP contribution in [-0.2, 0) is 16.0 Å². The van der Waals surface area contributed by atoms with Crippen molar-refractivity contribution in [2.75, 3.05) is 18.5 Å². The van der Waals surface area contributed by atoms with Crippen LogP contribution in [0.15, 0.2) is 30.3 Å². The number of hydrogen-bond donors (Lipinski definition) is 1. The second kappa shape index (κ2) is 7.51. The highest BCUT2D eigenvalue weighted by atomic mass is 35.5. The Morgan fingerprint density at radius 2 is 2.08 bits per heavy atom. The van der Waals surface area contributed by atoms with Gasteiger partial charge in [-0.3, -0.25) is 9.59 Å². The maximum Gasteiger partial charge on any atom is 0.262 e. The first-order valence-corrected chi connectivity index (χ1v) is 8.75. The molecule has 1 atom stereocenters. The predicted molar refractivity (Wildman–Crippen MR) is 100.0 cm³/mol. The summed E-state index contributed by atoms with van der Waals surface area (Å²) in [5.74, 6) is -0.0746. The van der Waals surface area contributed by atoms with E-state index in [0.717, 1.165) is 0 Å². The number of aryl methyl sites for hydroxylation is 1. The lowest BCUT2D eigenvalue weighted by Gasteiger charge is -2.34. The normalized spacial score (nSPS) is 15.8. The first kappa shape index (κ1) is 18.5. The number of rotatable bonds is 3. The van der Waals surface area contributed by atoms with Gasteiger partial charge in [0.05, 0.1) is 18.7 Å². The van der Waals surface area contributed by atoms with E-state index in [-0.39, 0.29) is 29.9 Å². The average molecular weight is 394 g/mol. The Hall–Kier alpha value is -2.31. The molecular formula is C18H17Cl2N3O3. The van der Waals surface area contributed by atoms with E-state index in [2.05, 4.69) is 10.3 Å². The average Bonchev–Trinajstić information content (AvgIpc) is 2.62. The number of amides is 2. The van der Waals surface area contributed by atoms with E-state index in [1.807, 2.05) is 0 Å². The Morgan fingerprint density at radius 1 is 1.35 bits per heavy atom. The number of carbonyl (C=O) groups is 2. The number of ether oxygens (including phenoxy) is 1. The van der Waals surface area contributed by atoms with Crippen molar-refractivity contribution in [2.24, 2.45) is 0 Å². The fourth-order valence-corrected chi connectivity index (χ4v) is 3.46. The fourth-order valence-electron chi connectivity index (χ4n) is 2.80. The summed E-state index contributed by atoms with van der Waals surface area (Å²) in [7, 11) is 1.52. The van der Waals surface area contributed by atoms with Crippen molar-refractivity contribution in [2.45, 2.75) is 19.4 Å². The Morgan fingerprint density at radius 3 is 2.77 bits per heavy atom. The lowest BCUT2D eigenvalue weighted by atomic mass is 10.1. The molecule has 1 N–H and O–H groups in total. The molecule has 3 rings (SSSR count). The topological polar surface area (TPSA) is 71.5 Å². The Bertz CT molecular complexity index is 850. The molecule has 0 bridgehead atoms. The number of nitrogens with zero attached hydrogens (tertiary/aromatic N) is 2. The molecule has 6 nitrogen and oxygen atoms in total. The molecule has 0 saturated heterocycles. The molecule has 1 aliphatic rings. The van der Waals surface area contributed by atoms with Crippen molar-refractivity contribution in [3.05, 3.63) is 51.8 Å². The van der Waals surface area contributed by atoms with Gasteiger partial charge in [0.1, 0.15) is 10.9 Å². The van der Waals surface area contributed by atoms with Crippen molar-refractivity contribution in [1.82, 2.24) is 10.3 Å². The molecule has 2 amide bonds. The third-order valence-electron chi connectivity index (χ3n) is 4.09. The van der Waals surface area contributed by atoms with Crippen LogP contribution in [0.4, 0.5) is 5.69 Å². The smallest absolute Gasteiger partial charge is 0.262 e. The number of pyridine rings is 1. The molecule has 0 fully saturated rings. The summed E-state index contributed by atoms with van der Waals surface area (Å²) in [5.41, 5.74) is 1.74. The van der Waals surface area contributed by atoms with Gasteiger partial charge in [0, 0.05) is 23.3 Å². The Labute approximate surface area is 161 Å². The van der Waals surface area contributed by atoms with Gasteiger partial charge in [0.2, 0.25) is 5.91 Å². The monoisotopic (exact) mass is 393 g/mol. The zero-order valence-electron chi connectivity index (χ0n) is 14.3. The number of anilines is 1. The molecule has 1 aliphatic heterocycles. The van der Waals surface area contributed by atoms with Crippen LogP contribution >= 0.6 is 23.2 Å². The van der Waals surface area contributed by atoms with Crippen molar-refractivity contribution in [3.8, 4) is 5.75 Å². The van der Waals surface area contributed by atoms with Gasteiger partial charge in [-0.15, -0.1) is 0 Å². The van der Waals surface area contributed by atoms with Crippen LogP contribution in [-0.4, -0.2) is 36.5 Å². The molecule has 26 heavy (non-hydrogen) atoms. The molecule has 0 saturated carbocycles. The highest BCUT2D eigenvalue weighted by molar-refractivity contribution is 6.35. The molecule has 136 valence electrons. The van der Waals surface area contributed by atoms with E-state index in [1.54, 1.807) is 37.3 Å². The second-order valence-electron chi connectivity index (χ2n) is 5.88. The number of para-hydroxylation sites is 2. The number of hydrogen-bond acceptors (Lipinski definition) is 4. The highest BCUT2D eigenvalue weighted by Crippen LogP contribution is 2.34. The minimum Gasteiger partial charge on any atom is -0.477 e. The summed E-state index contributed by atoms with van der Waals surface area (Å²) >= 11 is 12.4. The van der Waals surface area contributed by atoms with Gasteiger partial charge >= 0.3 is 0 Å². The van der Waals surface area contributed by atoms with Gasteiger partial charge in [0.15, 0.2) is 6.10 Å². The van der Waals surface area contributed by atoms with Crippen LogP contribution < -0.4 is 15.0 Å². The van der Waals surface area contributed by atoms with Crippen molar-refractivity contribution < 1.29 is 14.3 Å². The highest BCUT2D eigenvalue weighted by Gasteiger charge is 2.33. The lowest BCUT2D eigenvalue weighted by Crippen LogP contribution is -2.50. The fraction of sp³-hybridized carbons (Fsp3) is 0.278. The van der Waals surface area contributed by atoms with Gasteiger partial charge in [-0.2, -0.15) is 0 Å². The standard InChI is InChI=1S/C18H17Cl2N3O3/c1-10-7-12(19)11(17(20)22-10)8-16(24)23-9-15(18(25)21-2)26-14-6-4-3-5-13(14)23/h3-7,15H,8-9H2,1-2H3,(H,21,25)/t15-/m0/s1. The van der Waals surface area contributed by atoms with E-state index < -0.39 is 6.10 Å². The third-order valence-corrected chi connectivity index (χ3v) is 4.74. The van der Waals surface area contributed by atoms with E-state index in [9.17, 15) is 9.59 Å². The van der Waals surface area contributed by atoms with Gasteiger partial charge < -0.3 is 15.0 Å². The Balaban J connectivity index is 1.92. The van der Waals surface area contributed by atoms with Crippen molar-refractivity contribution in [3.63, 3.8) is 0 Å². The quantitative estimate of drug-likeness (QED) is 0.813. The molecule has 1 aromatic carbocycles. The Kier molecular flexibility index (Phi) is 5.34. The van der Waals surface area contributed by atoms with Crippen molar-refractivity contribution >= 4 is 40.7 Å². The number of fused-ring (bicyclic) bond motifs is 1. The number of aromatic nitrogens is 1. The van der Waals surface area contributed by atoms with Gasteiger partial charge in [-0.25, -0.2) is 4.98 Å². The second-order valence-corrected chi connectivity index (χ2v) is 6.65. The largest absolute Gasteiger partial charge is 0.477 e. The van der Waals surface area contributed by atoms with Gasteiger partial charge in [0.25, 0.3) is 5.91 Å². The molecule has 0 aliphatic carbocycles. The third kappa shape index (κ3) is 3.61. The summed E-state index contributed by atoms with van der Waals surface area (Å²) in [4.78, 5) is 30.7. The predicted octanol–water partition coefficient (Wildman–Crippen LogP) is 2.78. The molecule has 0 unspecified atom stereocenters. The maximum absolute atomic E-state index is 13.0. The minimum absolute atomic E-state index is 0.0280. The van der Waals surface area contributed by atoms with Crippen LogP contribution in [0.2, 0.25) is 10.2 Å². The van der Waals surface area contributed by atoms with Crippen LogP contribution in [0.25, 0.3) is 0 Å². The van der Waals surface area contributed by atoms with Crippen LogP contribution in [0, 0.1) is 6.92 Å². The number of nitrogens with one attached hydrogen (secondary N) is 1. The number of halogens is 2. The molecular weight excluding hydrogens is 377 g/mol. The van der Waals surface area contributed by atoms with Crippen LogP contribution in [0.5, 0.6) is 5.75 Å². The lowest BCUT2D eigenvalue weighted by molar-refractivity contribution is -0.127. The molecule has 2 aromatic rings. The maximum atomic E-state index is 13.0. The summed E-state index contributed by atoms with van der Waals surface area (Å²) < 4.78 is 5.71. The first-order valence-electron chi connectivity index (χ1n) is 8.00. The zero-order chi connectivity index (χ0) is 18.8. The molecule has 2 heterocycles. The van der Waals surface area contributed by atoms with E-state index in [1.165, 1.54) is 11.9 Å². The van der Waals surface area contributed by atoms with E-state index in [0.29, 0.717) is 27.7 Å². The molecule has 8 heteroatoms. The van der Waals surface area contributed by atoms with Gasteiger partial charge in [-0.1, -0.05) is 35.3 Å². The summed E-state index contributed by atoms with van der Waals surface area (Å²) in [6, 6.07) is 8.74. The SMILES string of the molecule is CNC(=O)[C@@H]1CN(C(=O)Cc2c(Cl)cc(C)nc2Cl)c2ccccc2O1. The van der Waals surface area contributed by atoms with E-state index >= 15 is 0 Å². The molecule has 0 spiro atoms.